The second-order valence-electron chi connectivity index (χ2n) is 3.02. The van der Waals surface area contributed by atoms with Crippen LogP contribution in [0.25, 0.3) is 0 Å². The van der Waals surface area contributed by atoms with E-state index in [1.807, 2.05) is 0 Å². The maximum Gasteiger partial charge on any atom is 0.176 e. The number of aliphatic hydroxyl groups excluding tert-OH is 3. The molecule has 0 radical (unpaired) electrons. The highest BCUT2D eigenvalue weighted by Crippen LogP contribution is 2.29. The monoisotopic (exact) mass is 161 g/mol. The first-order chi connectivity index (χ1) is 5.18. The molecule has 2 heterocycles. The zero-order valence-corrected chi connectivity index (χ0v) is 5.92. The van der Waals surface area contributed by atoms with Gasteiger partial charge in [0.1, 0.15) is 0 Å². The molecule has 0 aromatic carbocycles. The van der Waals surface area contributed by atoms with Gasteiger partial charge < -0.3 is 15.3 Å². The quantitative estimate of drug-likeness (QED) is 0.385. The highest BCUT2D eigenvalue weighted by atomic mass is 16.8. The second kappa shape index (κ2) is 2.40. The molecule has 2 rings (SSSR count). The number of hydroxylamine groups is 2. The molecule has 2 saturated heterocycles. The Morgan fingerprint density at radius 1 is 1.27 bits per heavy atom. The molecule has 4 atom stereocenters. The van der Waals surface area contributed by atoms with Crippen LogP contribution in [0.15, 0.2) is 0 Å². The standard InChI is InChI=1S/C6H11NO4/c8-4-2-7-3(6(4)10)1-5(9)11-7/h3-6,8-10H,1-2H2/t3-,4+,5+,6-/m0/s1. The predicted molar refractivity (Wildman–Crippen MR) is 34.2 cm³/mol. The molecule has 0 unspecified atom stereocenters. The SMILES string of the molecule is O[C@@H]1[C@H](O)CN2O[C@@H](O)C[C@@H]12. The zero-order chi connectivity index (χ0) is 8.01. The van der Waals surface area contributed by atoms with Crippen LogP contribution in [0, 0.1) is 0 Å². The van der Waals surface area contributed by atoms with Crippen molar-refractivity contribution in [2.45, 2.75) is 31.0 Å². The van der Waals surface area contributed by atoms with E-state index >= 15 is 0 Å². The summed E-state index contributed by atoms with van der Waals surface area (Å²) in [5.41, 5.74) is 0. The Bertz CT molecular complexity index is 165. The third kappa shape index (κ3) is 1.05. The summed E-state index contributed by atoms with van der Waals surface area (Å²) < 4.78 is 0. The van der Waals surface area contributed by atoms with E-state index in [0.717, 1.165) is 0 Å². The molecule has 0 amide bonds. The van der Waals surface area contributed by atoms with Crippen LogP contribution < -0.4 is 0 Å². The number of hydrogen-bond acceptors (Lipinski definition) is 5. The molecule has 0 aromatic rings. The fraction of sp³-hybridized carbons (Fsp3) is 1.00. The van der Waals surface area contributed by atoms with Gasteiger partial charge >= 0.3 is 0 Å². The Morgan fingerprint density at radius 2 is 2.00 bits per heavy atom. The number of aliphatic hydroxyl groups is 3. The molecular weight excluding hydrogens is 150 g/mol. The van der Waals surface area contributed by atoms with E-state index in [9.17, 15) is 5.11 Å². The molecule has 0 saturated carbocycles. The second-order valence-corrected chi connectivity index (χ2v) is 3.02. The Labute approximate surface area is 63.8 Å². The van der Waals surface area contributed by atoms with Crippen LogP contribution in [0.2, 0.25) is 0 Å². The van der Waals surface area contributed by atoms with Crippen LogP contribution in [0.1, 0.15) is 6.42 Å². The van der Waals surface area contributed by atoms with Crippen molar-refractivity contribution in [2.24, 2.45) is 0 Å². The van der Waals surface area contributed by atoms with Crippen molar-refractivity contribution in [3.63, 3.8) is 0 Å². The van der Waals surface area contributed by atoms with Crippen molar-refractivity contribution < 1.29 is 20.2 Å². The number of rotatable bonds is 0. The molecule has 2 fully saturated rings. The van der Waals surface area contributed by atoms with Crippen molar-refractivity contribution in [3.8, 4) is 0 Å². The third-order valence-corrected chi connectivity index (χ3v) is 2.23. The summed E-state index contributed by atoms with van der Waals surface area (Å²) in [5.74, 6) is 0. The smallest absolute Gasteiger partial charge is 0.176 e. The van der Waals surface area contributed by atoms with Crippen molar-refractivity contribution >= 4 is 0 Å². The lowest BCUT2D eigenvalue weighted by Crippen LogP contribution is -2.31. The highest BCUT2D eigenvalue weighted by Gasteiger charge is 2.46. The highest BCUT2D eigenvalue weighted by molar-refractivity contribution is 4.92. The van der Waals surface area contributed by atoms with E-state index in [4.69, 9.17) is 15.1 Å². The lowest BCUT2D eigenvalue weighted by molar-refractivity contribution is -0.216. The third-order valence-electron chi connectivity index (χ3n) is 2.23. The summed E-state index contributed by atoms with van der Waals surface area (Å²) in [6, 6.07) is -0.236. The molecule has 0 bridgehead atoms. The summed E-state index contributed by atoms with van der Waals surface area (Å²) in [5, 5.41) is 28.9. The molecule has 3 N–H and O–H groups in total. The maximum absolute atomic E-state index is 9.30. The minimum absolute atomic E-state index is 0.236. The van der Waals surface area contributed by atoms with E-state index in [1.165, 1.54) is 5.06 Å². The molecule has 64 valence electrons. The van der Waals surface area contributed by atoms with Crippen LogP contribution >= 0.6 is 0 Å². The molecule has 5 heteroatoms. The number of nitrogens with zero attached hydrogens (tertiary/aromatic N) is 1. The lowest BCUT2D eigenvalue weighted by atomic mass is 10.1. The Morgan fingerprint density at radius 3 is 2.64 bits per heavy atom. The lowest BCUT2D eigenvalue weighted by Gasteiger charge is -2.12. The molecule has 2 aliphatic rings. The van der Waals surface area contributed by atoms with Gasteiger partial charge in [0, 0.05) is 6.42 Å². The number of hydrogen-bond donors (Lipinski definition) is 3. The van der Waals surface area contributed by atoms with E-state index in [1.54, 1.807) is 0 Å². The van der Waals surface area contributed by atoms with E-state index < -0.39 is 18.5 Å². The normalized spacial score (nSPS) is 51.5. The van der Waals surface area contributed by atoms with Crippen LogP contribution in [-0.4, -0.2) is 51.5 Å². The Kier molecular flexibility index (Phi) is 1.62. The molecule has 11 heavy (non-hydrogen) atoms. The minimum Gasteiger partial charge on any atom is -0.389 e. The van der Waals surface area contributed by atoms with Gasteiger partial charge in [-0.3, -0.25) is 4.84 Å². The summed E-state index contributed by atoms with van der Waals surface area (Å²) >= 11 is 0. The fourth-order valence-corrected chi connectivity index (χ4v) is 1.64. The van der Waals surface area contributed by atoms with Gasteiger partial charge in [0.25, 0.3) is 0 Å². The first kappa shape index (κ1) is 7.45. The summed E-state index contributed by atoms with van der Waals surface area (Å²) in [6.45, 7) is 0.281. The zero-order valence-electron chi connectivity index (χ0n) is 5.92. The van der Waals surface area contributed by atoms with E-state index in [0.29, 0.717) is 6.42 Å². The van der Waals surface area contributed by atoms with Crippen LogP contribution in [0.5, 0.6) is 0 Å². The maximum atomic E-state index is 9.30. The minimum atomic E-state index is -0.817. The summed E-state index contributed by atoms with van der Waals surface area (Å²) in [4.78, 5) is 4.89. The largest absolute Gasteiger partial charge is 0.389 e. The van der Waals surface area contributed by atoms with Gasteiger partial charge in [-0.05, 0) is 0 Å². The van der Waals surface area contributed by atoms with Gasteiger partial charge in [-0.2, -0.15) is 5.06 Å². The summed E-state index contributed by atoms with van der Waals surface area (Å²) in [6.07, 6.45) is -1.97. The fourth-order valence-electron chi connectivity index (χ4n) is 1.64. The van der Waals surface area contributed by atoms with E-state index in [2.05, 4.69) is 0 Å². The Hall–Kier alpha value is -0.200. The molecule has 2 aliphatic heterocycles. The van der Waals surface area contributed by atoms with Gasteiger partial charge in [-0.1, -0.05) is 0 Å². The van der Waals surface area contributed by atoms with E-state index in [-0.39, 0.29) is 12.6 Å². The average Bonchev–Trinajstić information content (AvgIpc) is 2.37. The van der Waals surface area contributed by atoms with Crippen molar-refractivity contribution in [1.82, 2.24) is 5.06 Å². The van der Waals surface area contributed by atoms with Crippen molar-refractivity contribution in [3.05, 3.63) is 0 Å². The van der Waals surface area contributed by atoms with Gasteiger partial charge in [0.2, 0.25) is 0 Å². The van der Waals surface area contributed by atoms with Crippen LogP contribution in [-0.2, 0) is 4.84 Å². The molecule has 0 aromatic heterocycles. The topological polar surface area (TPSA) is 73.2 Å². The molecule has 5 nitrogen and oxygen atoms in total. The molecular formula is C6H11NO4. The van der Waals surface area contributed by atoms with Crippen molar-refractivity contribution in [1.29, 1.82) is 0 Å². The van der Waals surface area contributed by atoms with Gasteiger partial charge in [-0.15, -0.1) is 0 Å². The van der Waals surface area contributed by atoms with Crippen molar-refractivity contribution in [2.75, 3.05) is 6.54 Å². The van der Waals surface area contributed by atoms with Crippen LogP contribution in [0.4, 0.5) is 0 Å². The molecule has 0 aliphatic carbocycles. The first-order valence-electron chi connectivity index (χ1n) is 3.66. The van der Waals surface area contributed by atoms with Gasteiger partial charge in [0.05, 0.1) is 24.8 Å². The predicted octanol–water partition coefficient (Wildman–Crippen LogP) is -1.95. The molecule has 0 spiro atoms. The van der Waals surface area contributed by atoms with Crippen LogP contribution in [0.3, 0.4) is 0 Å². The Balaban J connectivity index is 2.07. The average molecular weight is 161 g/mol. The van der Waals surface area contributed by atoms with Gasteiger partial charge in [0.15, 0.2) is 6.29 Å². The first-order valence-corrected chi connectivity index (χ1v) is 3.66. The number of fused-ring (bicyclic) bond motifs is 1. The van der Waals surface area contributed by atoms with Gasteiger partial charge in [-0.25, -0.2) is 0 Å². The summed E-state index contributed by atoms with van der Waals surface area (Å²) in [7, 11) is 0.